The summed E-state index contributed by atoms with van der Waals surface area (Å²) in [7, 11) is 0. The molecule has 1 N–H and O–H groups in total. The van der Waals surface area contributed by atoms with Crippen LogP contribution in [0.2, 0.25) is 0 Å². The zero-order valence-electron chi connectivity index (χ0n) is 7.14. The summed E-state index contributed by atoms with van der Waals surface area (Å²) in [6.45, 7) is 0. The number of benzene rings is 2. The van der Waals surface area contributed by atoms with Gasteiger partial charge in [-0.1, -0.05) is 0 Å². The molecule has 0 fully saturated rings. The monoisotopic (exact) mass is 250 g/mol. The van der Waals surface area contributed by atoms with Crippen LogP contribution in [-0.4, -0.2) is 29.0 Å². The summed E-state index contributed by atoms with van der Waals surface area (Å²) in [6.07, 6.45) is 0. The molecule has 0 amide bonds. The molecule has 0 spiro atoms. The van der Waals surface area contributed by atoms with Crippen LogP contribution in [0.15, 0.2) is 30.3 Å². The third-order valence-corrected chi connectivity index (χ3v) is 3.80. The molecule has 68 valence electrons. The topological polar surface area (TPSA) is 46.0 Å². The van der Waals surface area contributed by atoms with E-state index in [1.807, 2.05) is 24.3 Å². The Balaban J connectivity index is 2.66. The molecule has 4 heteroatoms. The van der Waals surface area contributed by atoms with Crippen molar-refractivity contribution in [2.75, 3.05) is 0 Å². The van der Waals surface area contributed by atoms with Crippen LogP contribution in [-0.2, 0) is 0 Å². The van der Waals surface area contributed by atoms with Gasteiger partial charge in [-0.3, -0.25) is 0 Å². The normalized spacial score (nSPS) is 11.1. The van der Waals surface area contributed by atoms with Crippen molar-refractivity contribution in [3.05, 3.63) is 30.3 Å². The van der Waals surface area contributed by atoms with E-state index in [-0.39, 0.29) is 14.7 Å². The fourth-order valence-electron chi connectivity index (χ4n) is 1.59. The van der Waals surface area contributed by atoms with Crippen molar-refractivity contribution < 1.29 is 5.11 Å². The van der Waals surface area contributed by atoms with Gasteiger partial charge in [0.25, 0.3) is 0 Å². The van der Waals surface area contributed by atoms with Crippen molar-refractivity contribution >= 4 is 35.3 Å². The number of nitrogens with zero attached hydrogens (tertiary/aromatic N) is 2. The van der Waals surface area contributed by atoms with Crippen LogP contribution >= 0.6 is 0 Å². The van der Waals surface area contributed by atoms with Crippen LogP contribution in [0.3, 0.4) is 0 Å². The van der Waals surface area contributed by atoms with Gasteiger partial charge in [0, 0.05) is 0 Å². The predicted molar refractivity (Wildman–Crippen MR) is 55.6 cm³/mol. The SMILES string of the molecule is Oc1cc2ccccc2c2nn[se]c12. The molecule has 0 aliphatic heterocycles. The fourth-order valence-corrected chi connectivity index (χ4v) is 2.83. The van der Waals surface area contributed by atoms with Crippen molar-refractivity contribution in [3.8, 4) is 5.75 Å². The number of aromatic nitrogens is 2. The first-order valence-electron chi connectivity index (χ1n) is 4.19. The quantitative estimate of drug-likeness (QED) is 0.615. The molecule has 0 bridgehead atoms. The second-order valence-electron chi connectivity index (χ2n) is 3.07. The van der Waals surface area contributed by atoms with Crippen LogP contribution in [0.5, 0.6) is 5.75 Å². The van der Waals surface area contributed by atoms with Crippen molar-refractivity contribution in [1.82, 2.24) is 9.19 Å². The van der Waals surface area contributed by atoms with E-state index in [1.165, 1.54) is 0 Å². The Hall–Kier alpha value is -1.38. The summed E-state index contributed by atoms with van der Waals surface area (Å²) in [6, 6.07) is 9.68. The Morgan fingerprint density at radius 1 is 1.21 bits per heavy atom. The zero-order valence-corrected chi connectivity index (χ0v) is 8.85. The molecule has 3 aromatic rings. The molecule has 0 unspecified atom stereocenters. The Labute approximate surface area is 86.0 Å². The van der Waals surface area contributed by atoms with Crippen molar-refractivity contribution in [3.63, 3.8) is 0 Å². The van der Waals surface area contributed by atoms with Gasteiger partial charge in [0.15, 0.2) is 0 Å². The molecular formula is C10H6N2OSe. The van der Waals surface area contributed by atoms with Gasteiger partial charge in [-0.2, -0.15) is 0 Å². The van der Waals surface area contributed by atoms with Crippen LogP contribution in [0.1, 0.15) is 0 Å². The van der Waals surface area contributed by atoms with Crippen LogP contribution in [0.25, 0.3) is 20.5 Å². The van der Waals surface area contributed by atoms with E-state index in [0.717, 1.165) is 20.5 Å². The average molecular weight is 249 g/mol. The minimum absolute atomic E-state index is 0.0521. The van der Waals surface area contributed by atoms with Gasteiger partial charge in [-0.15, -0.1) is 0 Å². The molecule has 3 rings (SSSR count). The van der Waals surface area contributed by atoms with E-state index in [9.17, 15) is 5.11 Å². The molecule has 0 saturated heterocycles. The average Bonchev–Trinajstić information content (AvgIpc) is 2.67. The molecule has 1 aromatic heterocycles. The van der Waals surface area contributed by atoms with Gasteiger partial charge >= 0.3 is 85.7 Å². The number of phenolic OH excluding ortho intramolecular Hbond substituents is 1. The summed E-state index contributed by atoms with van der Waals surface area (Å²) in [5.41, 5.74) is 0.848. The maximum atomic E-state index is 9.72. The van der Waals surface area contributed by atoms with Gasteiger partial charge in [-0.05, 0) is 0 Å². The van der Waals surface area contributed by atoms with E-state index >= 15 is 0 Å². The Kier molecular flexibility index (Phi) is 1.60. The van der Waals surface area contributed by atoms with Crippen molar-refractivity contribution in [2.24, 2.45) is 0 Å². The maximum absolute atomic E-state index is 9.72. The van der Waals surface area contributed by atoms with Crippen LogP contribution < -0.4 is 0 Å². The summed E-state index contributed by atoms with van der Waals surface area (Å²) < 4.78 is 4.89. The number of hydrogen-bond acceptors (Lipinski definition) is 3. The molecule has 2 aromatic carbocycles. The van der Waals surface area contributed by atoms with Gasteiger partial charge in [-0.25, -0.2) is 0 Å². The first-order valence-corrected chi connectivity index (χ1v) is 5.81. The third-order valence-electron chi connectivity index (χ3n) is 2.23. The first kappa shape index (κ1) is 7.97. The van der Waals surface area contributed by atoms with E-state index in [4.69, 9.17) is 0 Å². The molecule has 0 atom stereocenters. The van der Waals surface area contributed by atoms with E-state index < -0.39 is 0 Å². The van der Waals surface area contributed by atoms with Gasteiger partial charge in [0.2, 0.25) is 0 Å². The minimum atomic E-state index is -0.0521. The molecule has 0 aliphatic carbocycles. The molecule has 14 heavy (non-hydrogen) atoms. The summed E-state index contributed by atoms with van der Waals surface area (Å²) in [5, 5.41) is 15.9. The molecular weight excluding hydrogens is 243 g/mol. The van der Waals surface area contributed by atoms with Crippen LogP contribution in [0.4, 0.5) is 0 Å². The Morgan fingerprint density at radius 2 is 2.07 bits per heavy atom. The zero-order chi connectivity index (χ0) is 9.54. The second-order valence-corrected chi connectivity index (χ2v) is 4.65. The number of hydrogen-bond donors (Lipinski definition) is 1. The van der Waals surface area contributed by atoms with Crippen LogP contribution in [0, 0.1) is 0 Å². The first-order chi connectivity index (χ1) is 6.86. The van der Waals surface area contributed by atoms with E-state index in [0.29, 0.717) is 5.75 Å². The van der Waals surface area contributed by atoms with E-state index in [1.54, 1.807) is 6.07 Å². The second kappa shape index (κ2) is 2.80. The molecule has 0 saturated carbocycles. The number of rotatable bonds is 0. The van der Waals surface area contributed by atoms with Gasteiger partial charge in [0.05, 0.1) is 0 Å². The summed E-state index contributed by atoms with van der Waals surface area (Å²) >= 11 is -0.0521. The predicted octanol–water partition coefficient (Wildman–Crippen LogP) is 1.55. The molecule has 0 radical (unpaired) electrons. The standard InChI is InChI=1S/C10H6N2OSe/c13-8-5-6-3-1-2-4-7(6)9-10(8)14-12-11-9/h1-5,13H. The molecule has 0 aliphatic rings. The summed E-state index contributed by atoms with van der Waals surface area (Å²) in [4.78, 5) is 0. The number of fused-ring (bicyclic) bond motifs is 3. The third kappa shape index (κ3) is 0.983. The van der Waals surface area contributed by atoms with Crippen molar-refractivity contribution in [1.29, 1.82) is 0 Å². The van der Waals surface area contributed by atoms with Crippen molar-refractivity contribution in [2.45, 2.75) is 0 Å². The molecule has 1 heterocycles. The fraction of sp³-hybridized carbons (Fsp3) is 0. The van der Waals surface area contributed by atoms with Gasteiger partial charge < -0.3 is 0 Å². The number of aromatic hydroxyl groups is 1. The molecule has 3 nitrogen and oxygen atoms in total. The Morgan fingerprint density at radius 3 is 3.00 bits per heavy atom. The van der Waals surface area contributed by atoms with Gasteiger partial charge in [0.1, 0.15) is 0 Å². The summed E-state index contributed by atoms with van der Waals surface area (Å²) in [5.74, 6) is 0.323. The Bertz CT molecular complexity index is 618. The number of phenols is 1. The van der Waals surface area contributed by atoms with E-state index in [2.05, 4.69) is 9.19 Å².